The predicted molar refractivity (Wildman–Crippen MR) is 84.5 cm³/mol. The molecule has 21 heavy (non-hydrogen) atoms. The van der Waals surface area contributed by atoms with E-state index in [-0.39, 0.29) is 0 Å². The van der Waals surface area contributed by atoms with E-state index in [0.29, 0.717) is 24.6 Å². The maximum atomic E-state index is 10.9. The minimum atomic E-state index is -0.394. The van der Waals surface area contributed by atoms with Gasteiger partial charge in [0.15, 0.2) is 0 Å². The third-order valence-electron chi connectivity index (χ3n) is 5.28. The summed E-state index contributed by atoms with van der Waals surface area (Å²) < 4.78 is 5.82. The van der Waals surface area contributed by atoms with Gasteiger partial charge in [0.1, 0.15) is 5.75 Å². The molecule has 0 aromatic heterocycles. The van der Waals surface area contributed by atoms with E-state index < -0.39 is 6.10 Å². The molecule has 1 aromatic rings. The topological polar surface area (TPSA) is 32.7 Å². The average molecular weight is 289 g/mol. The van der Waals surface area contributed by atoms with Gasteiger partial charge in [-0.05, 0) is 51.1 Å². The standard InChI is InChI=1S/C18H27NO2/c1-3-10-21-17-7-5-4-6-16(17)18(20)13-11-14-8-9-15(12-13)19(14)2/h4-7,13-15,18,20H,3,8-12H2,1-2H3. The summed E-state index contributed by atoms with van der Waals surface area (Å²) in [6, 6.07) is 9.31. The molecule has 3 heteroatoms. The summed E-state index contributed by atoms with van der Waals surface area (Å²) in [6.45, 7) is 2.82. The van der Waals surface area contributed by atoms with Crippen molar-refractivity contribution < 1.29 is 9.84 Å². The zero-order chi connectivity index (χ0) is 14.8. The molecule has 2 heterocycles. The number of hydrogen-bond donors (Lipinski definition) is 1. The van der Waals surface area contributed by atoms with Crippen LogP contribution in [-0.2, 0) is 0 Å². The molecule has 0 radical (unpaired) electrons. The minimum absolute atomic E-state index is 0.366. The van der Waals surface area contributed by atoms with E-state index in [1.54, 1.807) is 0 Å². The average Bonchev–Trinajstić information content (AvgIpc) is 2.74. The lowest BCUT2D eigenvalue weighted by molar-refractivity contribution is 0.0340. The Balaban J connectivity index is 1.75. The van der Waals surface area contributed by atoms with Crippen molar-refractivity contribution in [2.45, 2.75) is 57.2 Å². The summed E-state index contributed by atoms with van der Waals surface area (Å²) in [5.74, 6) is 1.23. The number of hydrogen-bond acceptors (Lipinski definition) is 3. The second-order valence-electron chi connectivity index (χ2n) is 6.61. The van der Waals surface area contributed by atoms with E-state index in [1.165, 1.54) is 12.8 Å². The quantitative estimate of drug-likeness (QED) is 0.902. The second kappa shape index (κ2) is 6.37. The third-order valence-corrected chi connectivity index (χ3v) is 5.28. The second-order valence-corrected chi connectivity index (χ2v) is 6.61. The van der Waals surface area contributed by atoms with E-state index >= 15 is 0 Å². The fraction of sp³-hybridized carbons (Fsp3) is 0.667. The van der Waals surface area contributed by atoms with Crippen LogP contribution in [0.3, 0.4) is 0 Å². The first-order valence-electron chi connectivity index (χ1n) is 8.32. The molecule has 0 amide bonds. The molecule has 3 nitrogen and oxygen atoms in total. The lowest BCUT2D eigenvalue weighted by Gasteiger charge is -2.38. The molecule has 0 aliphatic carbocycles. The van der Waals surface area contributed by atoms with E-state index in [9.17, 15) is 5.11 Å². The van der Waals surface area contributed by atoms with Crippen LogP contribution in [0.2, 0.25) is 0 Å². The molecule has 3 atom stereocenters. The predicted octanol–water partition coefficient (Wildman–Crippen LogP) is 3.38. The molecular weight excluding hydrogens is 262 g/mol. The number of aliphatic hydroxyl groups is 1. The van der Waals surface area contributed by atoms with Crippen LogP contribution in [0.1, 0.15) is 50.7 Å². The zero-order valence-electron chi connectivity index (χ0n) is 13.2. The molecule has 1 aromatic carbocycles. The summed E-state index contributed by atoms with van der Waals surface area (Å²) in [4.78, 5) is 2.52. The number of fused-ring (bicyclic) bond motifs is 2. The fourth-order valence-electron chi connectivity index (χ4n) is 4.03. The first-order chi connectivity index (χ1) is 10.2. The maximum Gasteiger partial charge on any atom is 0.125 e. The zero-order valence-corrected chi connectivity index (χ0v) is 13.2. The smallest absolute Gasteiger partial charge is 0.125 e. The molecule has 0 spiro atoms. The van der Waals surface area contributed by atoms with E-state index in [4.69, 9.17) is 4.74 Å². The number of aliphatic hydroxyl groups excluding tert-OH is 1. The number of nitrogens with zero attached hydrogens (tertiary/aromatic N) is 1. The number of piperidine rings is 1. The van der Waals surface area contributed by atoms with Crippen molar-refractivity contribution in [1.82, 2.24) is 4.90 Å². The molecule has 0 saturated carbocycles. The van der Waals surface area contributed by atoms with Gasteiger partial charge in [-0.1, -0.05) is 25.1 Å². The lowest BCUT2D eigenvalue weighted by Crippen LogP contribution is -2.41. The highest BCUT2D eigenvalue weighted by atomic mass is 16.5. The van der Waals surface area contributed by atoms with E-state index in [2.05, 4.69) is 18.9 Å². The van der Waals surface area contributed by atoms with Crippen LogP contribution >= 0.6 is 0 Å². The SMILES string of the molecule is CCCOc1ccccc1C(O)C1CC2CCC(C1)N2C. The van der Waals surface area contributed by atoms with Crippen molar-refractivity contribution in [2.75, 3.05) is 13.7 Å². The molecule has 2 saturated heterocycles. The maximum absolute atomic E-state index is 10.9. The molecule has 1 N–H and O–H groups in total. The van der Waals surface area contributed by atoms with Crippen LogP contribution in [-0.4, -0.2) is 35.7 Å². The minimum Gasteiger partial charge on any atom is -0.493 e. The van der Waals surface area contributed by atoms with Crippen LogP contribution in [0.4, 0.5) is 0 Å². The summed E-state index contributed by atoms with van der Waals surface area (Å²) in [7, 11) is 2.24. The van der Waals surface area contributed by atoms with Crippen molar-refractivity contribution in [2.24, 2.45) is 5.92 Å². The molecule has 3 unspecified atom stereocenters. The fourth-order valence-corrected chi connectivity index (χ4v) is 4.03. The molecule has 2 fully saturated rings. The Morgan fingerprint density at radius 2 is 1.90 bits per heavy atom. The highest BCUT2D eigenvalue weighted by Gasteiger charge is 2.41. The summed E-state index contributed by atoms with van der Waals surface area (Å²) >= 11 is 0. The molecule has 2 bridgehead atoms. The highest BCUT2D eigenvalue weighted by Crippen LogP contribution is 2.43. The molecule has 116 valence electrons. The Morgan fingerprint density at radius 3 is 2.57 bits per heavy atom. The molecule has 2 aliphatic heterocycles. The van der Waals surface area contributed by atoms with Gasteiger partial charge in [0.2, 0.25) is 0 Å². The van der Waals surface area contributed by atoms with Crippen LogP contribution in [0.15, 0.2) is 24.3 Å². The molecule has 2 aliphatic rings. The van der Waals surface area contributed by atoms with Crippen molar-refractivity contribution in [3.8, 4) is 5.75 Å². The van der Waals surface area contributed by atoms with Crippen molar-refractivity contribution in [3.05, 3.63) is 29.8 Å². The van der Waals surface area contributed by atoms with Crippen LogP contribution in [0.25, 0.3) is 0 Å². The van der Waals surface area contributed by atoms with Crippen molar-refractivity contribution in [3.63, 3.8) is 0 Å². The van der Waals surface area contributed by atoms with Gasteiger partial charge in [-0.2, -0.15) is 0 Å². The Morgan fingerprint density at radius 1 is 1.24 bits per heavy atom. The molecular formula is C18H27NO2. The Kier molecular flexibility index (Phi) is 4.51. The largest absolute Gasteiger partial charge is 0.493 e. The monoisotopic (exact) mass is 289 g/mol. The van der Waals surface area contributed by atoms with Crippen LogP contribution in [0, 0.1) is 5.92 Å². The normalized spacial score (nSPS) is 30.3. The number of para-hydroxylation sites is 1. The van der Waals surface area contributed by atoms with Crippen LogP contribution < -0.4 is 4.74 Å². The third kappa shape index (κ3) is 2.95. The summed E-state index contributed by atoms with van der Waals surface area (Å²) in [5, 5.41) is 10.9. The Bertz CT molecular complexity index is 462. The Hall–Kier alpha value is -1.06. The van der Waals surface area contributed by atoms with Gasteiger partial charge in [-0.3, -0.25) is 0 Å². The van der Waals surface area contributed by atoms with Gasteiger partial charge < -0.3 is 14.7 Å². The van der Waals surface area contributed by atoms with Crippen molar-refractivity contribution in [1.29, 1.82) is 0 Å². The van der Waals surface area contributed by atoms with E-state index in [0.717, 1.165) is 30.6 Å². The van der Waals surface area contributed by atoms with Crippen LogP contribution in [0.5, 0.6) is 5.75 Å². The van der Waals surface area contributed by atoms with E-state index in [1.807, 2.05) is 24.3 Å². The first-order valence-corrected chi connectivity index (χ1v) is 8.32. The summed E-state index contributed by atoms with van der Waals surface area (Å²) in [6.07, 6.45) is 5.39. The Labute approximate surface area is 127 Å². The van der Waals surface area contributed by atoms with Gasteiger partial charge in [-0.25, -0.2) is 0 Å². The van der Waals surface area contributed by atoms with Gasteiger partial charge in [0.05, 0.1) is 12.7 Å². The lowest BCUT2D eigenvalue weighted by atomic mass is 9.83. The van der Waals surface area contributed by atoms with Crippen molar-refractivity contribution >= 4 is 0 Å². The highest BCUT2D eigenvalue weighted by molar-refractivity contribution is 5.35. The number of rotatable bonds is 5. The number of ether oxygens (including phenoxy) is 1. The first kappa shape index (κ1) is 14.9. The van der Waals surface area contributed by atoms with Gasteiger partial charge in [0.25, 0.3) is 0 Å². The van der Waals surface area contributed by atoms with Gasteiger partial charge in [-0.15, -0.1) is 0 Å². The summed E-state index contributed by atoms with van der Waals surface area (Å²) in [5.41, 5.74) is 0.972. The van der Waals surface area contributed by atoms with Gasteiger partial charge >= 0.3 is 0 Å². The number of benzene rings is 1. The van der Waals surface area contributed by atoms with Gasteiger partial charge in [0, 0.05) is 17.6 Å². The molecule has 3 rings (SSSR count).